The molecule has 6 nitrogen and oxygen atoms in total. The summed E-state index contributed by atoms with van der Waals surface area (Å²) in [5.41, 5.74) is 3.79. The quantitative estimate of drug-likeness (QED) is 0.625. The Morgan fingerprint density at radius 1 is 0.821 bits per heavy atom. The number of methoxy groups -OCH3 is 4. The van der Waals surface area contributed by atoms with E-state index >= 15 is 0 Å². The van der Waals surface area contributed by atoms with Crippen molar-refractivity contribution in [2.45, 2.75) is 6.54 Å². The number of hydrogen-bond acceptors (Lipinski definition) is 6. The Labute approximate surface area is 165 Å². The number of aromatic nitrogens is 1. The molecule has 0 spiro atoms. The Morgan fingerprint density at radius 2 is 1.50 bits per heavy atom. The van der Waals surface area contributed by atoms with E-state index in [4.69, 9.17) is 18.9 Å². The molecule has 3 rings (SSSR count). The van der Waals surface area contributed by atoms with Gasteiger partial charge in [0.05, 0.1) is 34.1 Å². The van der Waals surface area contributed by atoms with E-state index in [-0.39, 0.29) is 0 Å². The molecule has 0 fully saturated rings. The van der Waals surface area contributed by atoms with Gasteiger partial charge in [0.15, 0.2) is 11.5 Å². The number of hydrogen-bond donors (Lipinski definition) is 1. The van der Waals surface area contributed by atoms with Crippen LogP contribution in [-0.2, 0) is 6.54 Å². The summed E-state index contributed by atoms with van der Waals surface area (Å²) in [4.78, 5) is 4.58. The van der Waals surface area contributed by atoms with Gasteiger partial charge in [-0.05, 0) is 48.0 Å². The second-order valence-electron chi connectivity index (χ2n) is 6.01. The minimum Gasteiger partial charge on any atom is -0.497 e. The fourth-order valence-electron chi connectivity index (χ4n) is 2.97. The van der Waals surface area contributed by atoms with Crippen LogP contribution in [0.1, 0.15) is 5.56 Å². The summed E-state index contributed by atoms with van der Waals surface area (Å²) in [6.45, 7) is 0.617. The maximum absolute atomic E-state index is 5.47. The van der Waals surface area contributed by atoms with Gasteiger partial charge in [0.25, 0.3) is 0 Å². The van der Waals surface area contributed by atoms with Gasteiger partial charge in [-0.2, -0.15) is 0 Å². The molecule has 3 aromatic rings. The number of rotatable bonds is 8. The normalized spacial score (nSPS) is 10.3. The smallest absolute Gasteiger partial charge is 0.203 e. The van der Waals surface area contributed by atoms with Gasteiger partial charge in [-0.3, -0.25) is 4.98 Å². The molecule has 0 bridgehead atoms. The van der Waals surface area contributed by atoms with Crippen LogP contribution in [0.4, 0.5) is 5.69 Å². The van der Waals surface area contributed by atoms with Gasteiger partial charge in [-0.15, -0.1) is 0 Å². The van der Waals surface area contributed by atoms with Crippen molar-refractivity contribution in [1.29, 1.82) is 0 Å². The van der Waals surface area contributed by atoms with E-state index in [1.807, 2.05) is 48.5 Å². The fourth-order valence-corrected chi connectivity index (χ4v) is 2.97. The molecular weight excluding hydrogens is 356 g/mol. The van der Waals surface area contributed by atoms with Crippen molar-refractivity contribution in [3.05, 3.63) is 60.3 Å². The first-order valence-corrected chi connectivity index (χ1v) is 8.82. The highest BCUT2D eigenvalue weighted by Crippen LogP contribution is 2.41. The molecule has 1 heterocycles. The number of nitrogens with zero attached hydrogens (tertiary/aromatic N) is 1. The zero-order valence-corrected chi connectivity index (χ0v) is 16.5. The second kappa shape index (κ2) is 8.99. The largest absolute Gasteiger partial charge is 0.497 e. The standard InChI is InChI=1S/C22H24N2O4/c1-25-18-9-7-17(8-10-18)24-14-15-6-5-11-23-21(15)16-12-19(26-2)22(28-4)20(13-16)27-3/h5-13,24H,14H2,1-4H3. The van der Waals surface area contributed by atoms with Crippen molar-refractivity contribution in [3.8, 4) is 34.3 Å². The zero-order valence-electron chi connectivity index (χ0n) is 16.5. The molecule has 2 aromatic carbocycles. The Hall–Kier alpha value is -3.41. The molecule has 0 saturated carbocycles. The van der Waals surface area contributed by atoms with E-state index in [9.17, 15) is 0 Å². The molecule has 0 aliphatic carbocycles. The van der Waals surface area contributed by atoms with Crippen molar-refractivity contribution in [1.82, 2.24) is 4.98 Å². The van der Waals surface area contributed by atoms with Crippen LogP contribution in [0.3, 0.4) is 0 Å². The number of pyridine rings is 1. The van der Waals surface area contributed by atoms with Gasteiger partial charge in [0.1, 0.15) is 5.75 Å². The number of nitrogens with one attached hydrogen (secondary N) is 1. The summed E-state index contributed by atoms with van der Waals surface area (Å²) in [6, 6.07) is 15.6. The molecule has 0 aliphatic heterocycles. The van der Waals surface area contributed by atoms with E-state index in [0.717, 1.165) is 28.3 Å². The Bertz CT molecular complexity index is 901. The third kappa shape index (κ3) is 4.11. The molecule has 6 heteroatoms. The van der Waals surface area contributed by atoms with Crippen molar-refractivity contribution in [2.75, 3.05) is 33.8 Å². The van der Waals surface area contributed by atoms with E-state index < -0.39 is 0 Å². The van der Waals surface area contributed by atoms with Crippen LogP contribution >= 0.6 is 0 Å². The molecule has 0 saturated heterocycles. The van der Waals surface area contributed by atoms with Gasteiger partial charge >= 0.3 is 0 Å². The Balaban J connectivity index is 1.91. The van der Waals surface area contributed by atoms with Crippen molar-refractivity contribution < 1.29 is 18.9 Å². The van der Waals surface area contributed by atoms with E-state index in [2.05, 4.69) is 10.3 Å². The summed E-state index contributed by atoms with van der Waals surface area (Å²) >= 11 is 0. The van der Waals surface area contributed by atoms with Gasteiger partial charge in [-0.25, -0.2) is 0 Å². The van der Waals surface area contributed by atoms with Crippen LogP contribution in [0, 0.1) is 0 Å². The van der Waals surface area contributed by atoms with Crippen molar-refractivity contribution in [3.63, 3.8) is 0 Å². The highest BCUT2D eigenvalue weighted by Gasteiger charge is 2.16. The maximum Gasteiger partial charge on any atom is 0.203 e. The van der Waals surface area contributed by atoms with Gasteiger partial charge < -0.3 is 24.3 Å². The number of benzene rings is 2. The van der Waals surface area contributed by atoms with Crippen molar-refractivity contribution >= 4 is 5.69 Å². The second-order valence-corrected chi connectivity index (χ2v) is 6.01. The highest BCUT2D eigenvalue weighted by atomic mass is 16.5. The SMILES string of the molecule is COc1ccc(NCc2cccnc2-c2cc(OC)c(OC)c(OC)c2)cc1. The first kappa shape index (κ1) is 19.4. The molecule has 28 heavy (non-hydrogen) atoms. The van der Waals surface area contributed by atoms with Crippen molar-refractivity contribution in [2.24, 2.45) is 0 Å². The third-order valence-corrected chi connectivity index (χ3v) is 4.40. The van der Waals surface area contributed by atoms with Gasteiger partial charge in [-0.1, -0.05) is 6.07 Å². The minimum absolute atomic E-state index is 0.558. The maximum atomic E-state index is 5.47. The predicted octanol–water partition coefficient (Wildman–Crippen LogP) is 4.40. The lowest BCUT2D eigenvalue weighted by Crippen LogP contribution is -2.03. The monoisotopic (exact) mass is 380 g/mol. The summed E-state index contributed by atoms with van der Waals surface area (Å²) in [7, 11) is 6.45. The van der Waals surface area contributed by atoms with E-state index in [1.165, 1.54) is 0 Å². The molecule has 0 unspecified atom stereocenters. The molecule has 146 valence electrons. The van der Waals surface area contributed by atoms with Gasteiger partial charge in [0.2, 0.25) is 5.75 Å². The topological polar surface area (TPSA) is 61.8 Å². The Morgan fingerprint density at radius 3 is 2.07 bits per heavy atom. The van der Waals surface area contributed by atoms with E-state index in [1.54, 1.807) is 34.6 Å². The van der Waals surface area contributed by atoms with Crippen LogP contribution in [0.2, 0.25) is 0 Å². The lowest BCUT2D eigenvalue weighted by Gasteiger charge is -2.16. The van der Waals surface area contributed by atoms with Gasteiger partial charge in [0, 0.05) is 24.0 Å². The fraction of sp³-hybridized carbons (Fsp3) is 0.227. The lowest BCUT2D eigenvalue weighted by atomic mass is 10.0. The molecule has 0 amide bonds. The molecule has 0 radical (unpaired) electrons. The summed E-state index contributed by atoms with van der Waals surface area (Å²) in [5.74, 6) is 2.57. The summed E-state index contributed by atoms with van der Waals surface area (Å²) in [5, 5.41) is 3.42. The van der Waals surface area contributed by atoms with Crippen LogP contribution < -0.4 is 24.3 Å². The molecule has 1 aromatic heterocycles. The molecule has 0 atom stereocenters. The third-order valence-electron chi connectivity index (χ3n) is 4.40. The highest BCUT2D eigenvalue weighted by molar-refractivity contribution is 5.71. The zero-order chi connectivity index (χ0) is 19.9. The lowest BCUT2D eigenvalue weighted by molar-refractivity contribution is 0.324. The van der Waals surface area contributed by atoms with Crippen LogP contribution in [-0.4, -0.2) is 33.4 Å². The molecule has 1 N–H and O–H groups in total. The van der Waals surface area contributed by atoms with Crippen LogP contribution in [0.15, 0.2) is 54.7 Å². The summed E-state index contributed by atoms with van der Waals surface area (Å²) < 4.78 is 21.6. The first-order valence-electron chi connectivity index (χ1n) is 8.82. The van der Waals surface area contributed by atoms with Crippen LogP contribution in [0.25, 0.3) is 11.3 Å². The molecule has 0 aliphatic rings. The number of ether oxygens (including phenoxy) is 4. The molecular formula is C22H24N2O4. The minimum atomic E-state index is 0.558. The van der Waals surface area contributed by atoms with E-state index in [0.29, 0.717) is 23.8 Å². The summed E-state index contributed by atoms with van der Waals surface area (Å²) in [6.07, 6.45) is 1.77. The predicted molar refractivity (Wildman–Crippen MR) is 110 cm³/mol. The average molecular weight is 380 g/mol. The Kier molecular flexibility index (Phi) is 6.22. The van der Waals surface area contributed by atoms with Crippen LogP contribution in [0.5, 0.6) is 23.0 Å². The first-order chi connectivity index (χ1) is 13.7. The average Bonchev–Trinajstić information content (AvgIpc) is 2.77. The number of anilines is 1.